The number of carbonyl (C=O) groups excluding carboxylic acids is 1. The zero-order valence-electron chi connectivity index (χ0n) is 21.4. The minimum Gasteiger partial charge on any atom is -0.444 e. The van der Waals surface area contributed by atoms with E-state index in [0.29, 0.717) is 36.8 Å². The van der Waals surface area contributed by atoms with Crippen LogP contribution in [0.3, 0.4) is 0 Å². The summed E-state index contributed by atoms with van der Waals surface area (Å²) in [6.45, 7) is 7.43. The average molecular weight is 502 g/mol. The van der Waals surface area contributed by atoms with Crippen molar-refractivity contribution >= 4 is 22.9 Å². The van der Waals surface area contributed by atoms with E-state index in [-0.39, 0.29) is 17.8 Å². The number of piperidine rings is 1. The molecule has 4 heterocycles. The van der Waals surface area contributed by atoms with E-state index in [1.807, 2.05) is 57.2 Å². The molecule has 8 heteroatoms. The number of ether oxygens (including phenoxy) is 1. The Bertz CT molecular complexity index is 1400. The molecular formula is C29H32FN5O2. The van der Waals surface area contributed by atoms with Gasteiger partial charge in [0.05, 0.1) is 5.69 Å². The maximum atomic E-state index is 14.6. The zero-order chi connectivity index (χ0) is 26.0. The van der Waals surface area contributed by atoms with Gasteiger partial charge >= 0.3 is 6.09 Å². The van der Waals surface area contributed by atoms with Gasteiger partial charge in [-0.25, -0.2) is 19.2 Å². The van der Waals surface area contributed by atoms with E-state index in [1.54, 1.807) is 11.1 Å². The maximum absolute atomic E-state index is 14.6. The van der Waals surface area contributed by atoms with Crippen LogP contribution in [0.4, 0.5) is 15.0 Å². The first-order valence-corrected chi connectivity index (χ1v) is 12.7. The molecule has 4 aromatic rings. The number of fused-ring (bicyclic) bond motifs is 1. The van der Waals surface area contributed by atoms with Gasteiger partial charge in [0.15, 0.2) is 0 Å². The second-order valence-electron chi connectivity index (χ2n) is 10.5. The molecule has 1 aromatic carbocycles. The summed E-state index contributed by atoms with van der Waals surface area (Å²) in [7, 11) is 0. The Morgan fingerprint density at radius 1 is 1.19 bits per heavy atom. The molecular weight excluding hydrogens is 469 g/mol. The van der Waals surface area contributed by atoms with Gasteiger partial charge in [0.1, 0.15) is 22.9 Å². The Balaban J connectivity index is 1.39. The number of nitrogens with zero attached hydrogens (tertiary/aromatic N) is 3. The molecule has 1 amide bonds. The molecule has 0 bridgehead atoms. The number of likely N-dealkylation sites (tertiary alicyclic amines) is 1. The van der Waals surface area contributed by atoms with Crippen LogP contribution in [0.1, 0.15) is 50.8 Å². The zero-order valence-corrected chi connectivity index (χ0v) is 21.4. The minimum absolute atomic E-state index is 0.131. The van der Waals surface area contributed by atoms with Crippen LogP contribution in [0.2, 0.25) is 0 Å². The van der Waals surface area contributed by atoms with Gasteiger partial charge < -0.3 is 19.9 Å². The Morgan fingerprint density at radius 2 is 2.00 bits per heavy atom. The molecule has 1 aliphatic rings. The van der Waals surface area contributed by atoms with Crippen LogP contribution >= 0.6 is 0 Å². The molecule has 1 saturated heterocycles. The highest BCUT2D eigenvalue weighted by molar-refractivity contribution is 5.92. The third-order valence-corrected chi connectivity index (χ3v) is 6.45. The summed E-state index contributed by atoms with van der Waals surface area (Å²) in [6, 6.07) is 16.7. The number of H-pyrrole nitrogens is 1. The Kier molecular flexibility index (Phi) is 6.82. The second-order valence-corrected chi connectivity index (χ2v) is 10.5. The summed E-state index contributed by atoms with van der Waals surface area (Å²) >= 11 is 0. The van der Waals surface area contributed by atoms with E-state index < -0.39 is 5.60 Å². The number of benzene rings is 1. The summed E-state index contributed by atoms with van der Waals surface area (Å²) in [6.07, 6.45) is 3.26. The van der Waals surface area contributed by atoms with Crippen LogP contribution in [-0.2, 0) is 11.3 Å². The van der Waals surface area contributed by atoms with Crippen molar-refractivity contribution < 1.29 is 13.9 Å². The molecule has 5 rings (SSSR count). The normalized spacial score (nSPS) is 16.1. The van der Waals surface area contributed by atoms with Crippen molar-refractivity contribution in [1.82, 2.24) is 19.9 Å². The van der Waals surface area contributed by atoms with E-state index >= 15 is 0 Å². The van der Waals surface area contributed by atoms with Crippen molar-refractivity contribution in [3.8, 4) is 11.3 Å². The number of aromatic nitrogens is 3. The lowest BCUT2D eigenvalue weighted by Crippen LogP contribution is -2.42. The summed E-state index contributed by atoms with van der Waals surface area (Å²) in [5.41, 5.74) is 3.61. The number of nitrogens with one attached hydrogen (secondary N) is 2. The van der Waals surface area contributed by atoms with E-state index in [0.717, 1.165) is 35.0 Å². The largest absolute Gasteiger partial charge is 0.444 e. The number of rotatable bonds is 5. The number of pyridine rings is 2. The summed E-state index contributed by atoms with van der Waals surface area (Å²) < 4.78 is 20.2. The molecule has 37 heavy (non-hydrogen) atoms. The third kappa shape index (κ3) is 5.90. The van der Waals surface area contributed by atoms with E-state index in [1.165, 1.54) is 12.1 Å². The lowest BCUT2D eigenvalue weighted by atomic mass is 9.94. The quantitative estimate of drug-likeness (QED) is 0.327. The van der Waals surface area contributed by atoms with Gasteiger partial charge in [-0.05, 0) is 51.3 Å². The SMILES string of the molecule is CC(C)(C)OC(=O)N1CCCC(c2cc3c(-c4cc(F)cc(NCc5ccccc5)n4)ccnc3[nH]2)C1. The van der Waals surface area contributed by atoms with Gasteiger partial charge in [0.25, 0.3) is 0 Å². The van der Waals surface area contributed by atoms with E-state index in [9.17, 15) is 9.18 Å². The number of anilines is 1. The monoisotopic (exact) mass is 501 g/mol. The first kappa shape index (κ1) is 24.7. The van der Waals surface area contributed by atoms with Gasteiger partial charge in [0.2, 0.25) is 0 Å². The van der Waals surface area contributed by atoms with Crippen LogP contribution in [0.5, 0.6) is 0 Å². The van der Waals surface area contributed by atoms with Crippen molar-refractivity contribution in [1.29, 1.82) is 0 Å². The number of amides is 1. The average Bonchev–Trinajstić information content (AvgIpc) is 3.32. The molecule has 0 spiro atoms. The van der Waals surface area contributed by atoms with Gasteiger partial charge in [-0.2, -0.15) is 0 Å². The lowest BCUT2D eigenvalue weighted by molar-refractivity contribution is 0.0197. The Labute approximate surface area is 216 Å². The number of aromatic amines is 1. The number of hydrogen-bond donors (Lipinski definition) is 2. The van der Waals surface area contributed by atoms with Crippen LogP contribution in [0, 0.1) is 5.82 Å². The molecule has 1 unspecified atom stereocenters. The topological polar surface area (TPSA) is 83.1 Å². The summed E-state index contributed by atoms with van der Waals surface area (Å²) in [4.78, 5) is 27.1. The fraction of sp³-hybridized carbons (Fsp3) is 0.345. The third-order valence-electron chi connectivity index (χ3n) is 6.45. The lowest BCUT2D eigenvalue weighted by Gasteiger charge is -2.33. The molecule has 7 nitrogen and oxygen atoms in total. The van der Waals surface area contributed by atoms with E-state index in [2.05, 4.69) is 21.4 Å². The number of carbonyl (C=O) groups is 1. The van der Waals surface area contributed by atoms with Crippen molar-refractivity contribution in [2.45, 2.75) is 51.7 Å². The molecule has 0 aliphatic carbocycles. The highest BCUT2D eigenvalue weighted by Crippen LogP contribution is 2.33. The van der Waals surface area contributed by atoms with E-state index in [4.69, 9.17) is 9.72 Å². The van der Waals surface area contributed by atoms with Crippen LogP contribution in [0.25, 0.3) is 22.3 Å². The summed E-state index contributed by atoms with van der Waals surface area (Å²) in [5.74, 6) is 0.244. The molecule has 0 saturated carbocycles. The number of hydrogen-bond acceptors (Lipinski definition) is 5. The maximum Gasteiger partial charge on any atom is 0.410 e. The van der Waals surface area contributed by atoms with Gasteiger partial charge in [-0.1, -0.05) is 30.3 Å². The fourth-order valence-electron chi connectivity index (χ4n) is 4.73. The van der Waals surface area contributed by atoms with Crippen LogP contribution in [-0.4, -0.2) is 44.6 Å². The standard InChI is InChI=1S/C29H32FN5O2/c1-29(2,3)37-28(36)35-13-7-10-20(18-35)24-16-23-22(11-12-31-27(23)34-24)25-14-21(30)15-26(33-25)32-17-19-8-5-4-6-9-19/h4-6,8-9,11-12,14-16,20H,7,10,13,17-18H2,1-3H3,(H,31,34)(H,32,33). The van der Waals surface area contributed by atoms with Crippen molar-refractivity contribution in [2.24, 2.45) is 0 Å². The first-order chi connectivity index (χ1) is 17.7. The smallest absolute Gasteiger partial charge is 0.410 e. The van der Waals surface area contributed by atoms with Crippen LogP contribution < -0.4 is 5.32 Å². The molecule has 0 radical (unpaired) electrons. The van der Waals surface area contributed by atoms with Crippen molar-refractivity contribution in [3.05, 3.63) is 77.9 Å². The minimum atomic E-state index is -0.531. The predicted octanol–water partition coefficient (Wildman–Crippen LogP) is 6.49. The van der Waals surface area contributed by atoms with Crippen molar-refractivity contribution in [2.75, 3.05) is 18.4 Å². The molecule has 1 aliphatic heterocycles. The molecule has 192 valence electrons. The summed E-state index contributed by atoms with van der Waals surface area (Å²) in [5, 5.41) is 4.10. The molecule has 1 fully saturated rings. The van der Waals surface area contributed by atoms with Gasteiger partial charge in [-0.15, -0.1) is 0 Å². The fourth-order valence-corrected chi connectivity index (χ4v) is 4.73. The van der Waals surface area contributed by atoms with Gasteiger partial charge in [0, 0.05) is 60.5 Å². The van der Waals surface area contributed by atoms with Gasteiger partial charge in [-0.3, -0.25) is 0 Å². The molecule has 2 N–H and O–H groups in total. The Morgan fingerprint density at radius 3 is 2.78 bits per heavy atom. The highest BCUT2D eigenvalue weighted by atomic mass is 19.1. The predicted molar refractivity (Wildman–Crippen MR) is 143 cm³/mol. The Hall–Kier alpha value is -3.94. The second kappa shape index (κ2) is 10.2. The number of halogens is 1. The highest BCUT2D eigenvalue weighted by Gasteiger charge is 2.29. The van der Waals surface area contributed by atoms with Crippen LogP contribution in [0.15, 0.2) is 60.8 Å². The first-order valence-electron chi connectivity index (χ1n) is 12.7. The van der Waals surface area contributed by atoms with Crippen molar-refractivity contribution in [3.63, 3.8) is 0 Å². The molecule has 1 atom stereocenters. The molecule has 3 aromatic heterocycles.